The molecule has 0 aliphatic carbocycles. The van der Waals surface area contributed by atoms with Crippen LogP contribution in [0.2, 0.25) is 0 Å². The van der Waals surface area contributed by atoms with Gasteiger partial charge in [0, 0.05) is 5.33 Å². The van der Waals surface area contributed by atoms with Crippen molar-refractivity contribution in [2.75, 3.05) is 19.0 Å². The monoisotopic (exact) mass is 300 g/mol. The molecule has 3 nitrogen and oxygen atoms in total. The smallest absolute Gasteiger partial charge is 0.337 e. The van der Waals surface area contributed by atoms with Crippen molar-refractivity contribution >= 4 is 21.9 Å². The number of unbranched alkanes of at least 4 members (excludes halogenated alkanes) is 2. The Bertz CT molecular complexity index is 335. The van der Waals surface area contributed by atoms with Crippen LogP contribution in [0, 0.1) is 0 Å². The number of carbonyl (C=O) groups is 1. The summed E-state index contributed by atoms with van der Waals surface area (Å²) in [6.07, 6.45) is 3.38. The van der Waals surface area contributed by atoms with Crippen LogP contribution in [-0.4, -0.2) is 25.0 Å². The summed E-state index contributed by atoms with van der Waals surface area (Å²) >= 11 is 3.39. The maximum atomic E-state index is 11.2. The minimum Gasteiger partial charge on any atom is -0.494 e. The third-order valence-corrected chi connectivity index (χ3v) is 2.88. The van der Waals surface area contributed by atoms with Crippen LogP contribution in [0.15, 0.2) is 24.3 Å². The Hall–Kier alpha value is -1.03. The molecule has 17 heavy (non-hydrogen) atoms. The second-order valence-corrected chi connectivity index (χ2v) is 4.41. The van der Waals surface area contributed by atoms with Crippen molar-refractivity contribution < 1.29 is 14.3 Å². The molecule has 4 heteroatoms. The molecule has 0 bridgehead atoms. The number of methoxy groups -OCH3 is 1. The summed E-state index contributed by atoms with van der Waals surface area (Å²) in [5.41, 5.74) is 0.541. The van der Waals surface area contributed by atoms with Gasteiger partial charge in [0.05, 0.1) is 19.3 Å². The maximum Gasteiger partial charge on any atom is 0.337 e. The van der Waals surface area contributed by atoms with Gasteiger partial charge in [0.25, 0.3) is 0 Å². The van der Waals surface area contributed by atoms with Crippen LogP contribution in [0.25, 0.3) is 0 Å². The molecule has 0 saturated heterocycles. The van der Waals surface area contributed by atoms with Crippen molar-refractivity contribution in [2.24, 2.45) is 0 Å². The van der Waals surface area contributed by atoms with Crippen LogP contribution in [0.3, 0.4) is 0 Å². The zero-order chi connectivity index (χ0) is 12.5. The van der Waals surface area contributed by atoms with Crippen molar-refractivity contribution in [3.63, 3.8) is 0 Å². The summed E-state index contributed by atoms with van der Waals surface area (Å²) < 4.78 is 10.2. The number of carbonyl (C=O) groups excluding carboxylic acids is 1. The molecule has 0 atom stereocenters. The van der Waals surface area contributed by atoms with Crippen LogP contribution in [0.5, 0.6) is 5.75 Å². The molecule has 0 heterocycles. The first kappa shape index (κ1) is 14.0. The summed E-state index contributed by atoms with van der Waals surface area (Å²) in [6.45, 7) is 0.713. The average molecular weight is 301 g/mol. The van der Waals surface area contributed by atoms with Gasteiger partial charge in [0.2, 0.25) is 0 Å². The van der Waals surface area contributed by atoms with Crippen molar-refractivity contribution in [3.05, 3.63) is 29.8 Å². The van der Waals surface area contributed by atoms with E-state index < -0.39 is 0 Å². The third kappa shape index (κ3) is 5.22. The number of halogens is 1. The molecule has 0 amide bonds. The summed E-state index contributed by atoms with van der Waals surface area (Å²) in [7, 11) is 1.37. The highest BCUT2D eigenvalue weighted by atomic mass is 79.9. The van der Waals surface area contributed by atoms with E-state index in [1.165, 1.54) is 13.5 Å². The van der Waals surface area contributed by atoms with Crippen LogP contribution in [-0.2, 0) is 4.74 Å². The Morgan fingerprint density at radius 3 is 2.47 bits per heavy atom. The van der Waals surface area contributed by atoms with E-state index in [9.17, 15) is 4.79 Å². The van der Waals surface area contributed by atoms with Crippen LogP contribution in [0.1, 0.15) is 29.6 Å². The van der Waals surface area contributed by atoms with E-state index in [1.807, 2.05) is 0 Å². The Kier molecular flexibility index (Phi) is 6.70. The van der Waals surface area contributed by atoms with Crippen LogP contribution >= 0.6 is 15.9 Å². The molecule has 1 rings (SSSR count). The van der Waals surface area contributed by atoms with E-state index in [-0.39, 0.29) is 5.97 Å². The molecule has 0 N–H and O–H groups in total. The van der Waals surface area contributed by atoms with Gasteiger partial charge < -0.3 is 9.47 Å². The second-order valence-electron chi connectivity index (χ2n) is 3.61. The van der Waals surface area contributed by atoms with E-state index >= 15 is 0 Å². The highest BCUT2D eigenvalue weighted by molar-refractivity contribution is 9.09. The lowest BCUT2D eigenvalue weighted by atomic mass is 10.2. The molecule has 0 spiro atoms. The molecule has 1 aromatic carbocycles. The quantitative estimate of drug-likeness (QED) is 0.440. The third-order valence-electron chi connectivity index (χ3n) is 2.32. The number of alkyl halides is 1. The lowest BCUT2D eigenvalue weighted by molar-refractivity contribution is 0.0600. The van der Waals surface area contributed by atoms with E-state index in [0.717, 1.165) is 23.9 Å². The predicted molar refractivity (Wildman–Crippen MR) is 70.9 cm³/mol. The second kappa shape index (κ2) is 8.12. The largest absolute Gasteiger partial charge is 0.494 e. The normalized spacial score (nSPS) is 10.0. The molecule has 0 unspecified atom stereocenters. The van der Waals surface area contributed by atoms with Crippen LogP contribution < -0.4 is 4.74 Å². The van der Waals surface area contributed by atoms with Gasteiger partial charge in [-0.15, -0.1) is 0 Å². The molecule has 1 aromatic rings. The minimum absolute atomic E-state index is 0.325. The molecule has 0 aliphatic heterocycles. The molecule has 0 fully saturated rings. The van der Waals surface area contributed by atoms with Gasteiger partial charge in [-0.2, -0.15) is 0 Å². The summed E-state index contributed by atoms with van der Waals surface area (Å²) in [4.78, 5) is 11.2. The fraction of sp³-hybridized carbons (Fsp3) is 0.462. The van der Waals surface area contributed by atoms with E-state index in [4.69, 9.17) is 4.74 Å². The SMILES string of the molecule is COC(=O)c1ccc(OCCCCCBr)cc1. The number of esters is 1. The highest BCUT2D eigenvalue weighted by Crippen LogP contribution is 2.13. The predicted octanol–water partition coefficient (Wildman–Crippen LogP) is 3.42. The number of hydrogen-bond acceptors (Lipinski definition) is 3. The average Bonchev–Trinajstić information content (AvgIpc) is 2.38. The number of benzene rings is 1. The highest BCUT2D eigenvalue weighted by Gasteiger charge is 2.04. The fourth-order valence-electron chi connectivity index (χ4n) is 1.37. The Balaban J connectivity index is 2.33. The fourth-order valence-corrected chi connectivity index (χ4v) is 1.76. The minimum atomic E-state index is -0.325. The van der Waals surface area contributed by atoms with Gasteiger partial charge in [-0.05, 0) is 43.5 Å². The summed E-state index contributed by atoms with van der Waals surface area (Å²) in [6, 6.07) is 6.99. The Morgan fingerprint density at radius 2 is 1.88 bits per heavy atom. The first-order valence-electron chi connectivity index (χ1n) is 5.65. The number of ether oxygens (including phenoxy) is 2. The first-order chi connectivity index (χ1) is 8.27. The van der Waals surface area contributed by atoms with Gasteiger partial charge >= 0.3 is 5.97 Å². The molecule has 94 valence electrons. The van der Waals surface area contributed by atoms with Crippen molar-refractivity contribution in [1.29, 1.82) is 0 Å². The Labute approximate surface area is 110 Å². The zero-order valence-corrected chi connectivity index (χ0v) is 11.5. The first-order valence-corrected chi connectivity index (χ1v) is 6.77. The molecule has 0 aromatic heterocycles. The summed E-state index contributed by atoms with van der Waals surface area (Å²) in [5, 5.41) is 1.04. The molecule has 0 saturated carbocycles. The maximum absolute atomic E-state index is 11.2. The van der Waals surface area contributed by atoms with Crippen molar-refractivity contribution in [1.82, 2.24) is 0 Å². The zero-order valence-electron chi connectivity index (χ0n) is 9.95. The van der Waals surface area contributed by atoms with Gasteiger partial charge in [0.15, 0.2) is 0 Å². The van der Waals surface area contributed by atoms with Gasteiger partial charge in [-0.1, -0.05) is 15.9 Å². The van der Waals surface area contributed by atoms with E-state index in [2.05, 4.69) is 20.7 Å². The molecule has 0 aliphatic rings. The Morgan fingerprint density at radius 1 is 1.18 bits per heavy atom. The molecular formula is C13H17BrO3. The number of hydrogen-bond donors (Lipinski definition) is 0. The molecule has 0 radical (unpaired) electrons. The molecular weight excluding hydrogens is 284 g/mol. The standard InChI is InChI=1S/C13H17BrO3/c1-16-13(15)11-5-7-12(8-6-11)17-10-4-2-3-9-14/h5-8H,2-4,9-10H2,1H3. The van der Waals surface area contributed by atoms with Gasteiger partial charge in [0.1, 0.15) is 5.75 Å². The topological polar surface area (TPSA) is 35.5 Å². The summed E-state index contributed by atoms with van der Waals surface area (Å²) in [5.74, 6) is 0.463. The number of rotatable bonds is 7. The van der Waals surface area contributed by atoms with E-state index in [0.29, 0.717) is 12.2 Å². The lowest BCUT2D eigenvalue weighted by Crippen LogP contribution is -2.01. The van der Waals surface area contributed by atoms with Crippen molar-refractivity contribution in [3.8, 4) is 5.75 Å². The van der Waals surface area contributed by atoms with E-state index in [1.54, 1.807) is 24.3 Å². The van der Waals surface area contributed by atoms with Crippen molar-refractivity contribution in [2.45, 2.75) is 19.3 Å². The van der Waals surface area contributed by atoms with Gasteiger partial charge in [-0.3, -0.25) is 0 Å². The van der Waals surface area contributed by atoms with Crippen LogP contribution in [0.4, 0.5) is 0 Å². The lowest BCUT2D eigenvalue weighted by Gasteiger charge is -2.06. The van der Waals surface area contributed by atoms with Gasteiger partial charge in [-0.25, -0.2) is 4.79 Å².